The fourth-order valence-corrected chi connectivity index (χ4v) is 3.21. The van der Waals surface area contributed by atoms with Crippen LogP contribution in [0.1, 0.15) is 17.7 Å². The second kappa shape index (κ2) is 7.67. The van der Waals surface area contributed by atoms with Gasteiger partial charge in [-0.15, -0.1) is 0 Å². The van der Waals surface area contributed by atoms with Gasteiger partial charge in [0.15, 0.2) is 0 Å². The average Bonchev–Trinajstić information content (AvgIpc) is 3.04. The van der Waals surface area contributed by atoms with Crippen LogP contribution in [0, 0.1) is 6.92 Å². The van der Waals surface area contributed by atoms with Crippen molar-refractivity contribution in [1.29, 1.82) is 0 Å². The molecule has 5 heteroatoms. The van der Waals surface area contributed by atoms with Gasteiger partial charge in [-0.25, -0.2) is 0 Å². The van der Waals surface area contributed by atoms with Gasteiger partial charge in [0.05, 0.1) is 24.2 Å². The average molecular weight is 370 g/mol. The third-order valence-corrected chi connectivity index (χ3v) is 4.59. The molecule has 0 saturated carbocycles. The van der Waals surface area contributed by atoms with E-state index >= 15 is 0 Å². The Kier molecular flexibility index (Phi) is 5.33. The standard InChI is InChI=1S/C21H20ClNO3/c1-14-3-5-15(6-4-14)19-10-7-16(9-12-21(24)25)23(19)17-8-11-20(26-2)18(22)13-17/h3-8,10-11,13H,9,12H2,1-2H3,(H,24,25). The van der Waals surface area contributed by atoms with Gasteiger partial charge in [-0.1, -0.05) is 41.4 Å². The van der Waals surface area contributed by atoms with Gasteiger partial charge in [0, 0.05) is 11.4 Å². The quantitative estimate of drug-likeness (QED) is 0.655. The van der Waals surface area contributed by atoms with Crippen LogP contribution in [-0.4, -0.2) is 22.8 Å². The number of halogens is 1. The fourth-order valence-electron chi connectivity index (χ4n) is 2.96. The zero-order chi connectivity index (χ0) is 18.7. The molecule has 0 saturated heterocycles. The first-order valence-electron chi connectivity index (χ1n) is 8.33. The molecule has 0 aliphatic rings. The SMILES string of the molecule is COc1ccc(-n2c(CCC(=O)O)ccc2-c2ccc(C)cc2)cc1Cl. The summed E-state index contributed by atoms with van der Waals surface area (Å²) in [6, 6.07) is 17.8. The summed E-state index contributed by atoms with van der Waals surface area (Å²) in [5.74, 6) is -0.214. The summed E-state index contributed by atoms with van der Waals surface area (Å²) in [6.07, 6.45) is 0.506. The fraction of sp³-hybridized carbons (Fsp3) is 0.190. The Morgan fingerprint density at radius 3 is 2.46 bits per heavy atom. The van der Waals surface area contributed by atoms with Gasteiger partial charge >= 0.3 is 5.97 Å². The largest absolute Gasteiger partial charge is 0.495 e. The Morgan fingerprint density at radius 2 is 1.85 bits per heavy atom. The van der Waals surface area contributed by atoms with E-state index in [0.717, 1.165) is 22.6 Å². The molecular formula is C21H20ClNO3. The van der Waals surface area contributed by atoms with Gasteiger partial charge in [-0.3, -0.25) is 4.79 Å². The minimum absolute atomic E-state index is 0.0707. The first-order valence-corrected chi connectivity index (χ1v) is 8.71. The number of ether oxygens (including phenoxy) is 1. The first kappa shape index (κ1) is 18.1. The van der Waals surface area contributed by atoms with Gasteiger partial charge < -0.3 is 14.4 Å². The van der Waals surface area contributed by atoms with Gasteiger partial charge in [0.1, 0.15) is 5.75 Å². The Hall–Kier alpha value is -2.72. The van der Waals surface area contributed by atoms with E-state index in [1.807, 2.05) is 37.3 Å². The molecule has 0 bridgehead atoms. The number of carbonyl (C=O) groups is 1. The molecule has 3 aromatic rings. The van der Waals surface area contributed by atoms with E-state index in [2.05, 4.69) is 28.8 Å². The van der Waals surface area contributed by atoms with Crippen molar-refractivity contribution in [2.75, 3.05) is 7.11 Å². The summed E-state index contributed by atoms with van der Waals surface area (Å²) in [7, 11) is 1.58. The van der Waals surface area contributed by atoms with Crippen molar-refractivity contribution in [3.63, 3.8) is 0 Å². The lowest BCUT2D eigenvalue weighted by Gasteiger charge is -2.15. The van der Waals surface area contributed by atoms with Crippen LogP contribution in [0.25, 0.3) is 16.9 Å². The Morgan fingerprint density at radius 1 is 1.12 bits per heavy atom. The molecule has 0 spiro atoms. The normalized spacial score (nSPS) is 10.7. The smallest absolute Gasteiger partial charge is 0.303 e. The molecule has 1 N–H and O–H groups in total. The number of hydrogen-bond acceptors (Lipinski definition) is 2. The monoisotopic (exact) mass is 369 g/mol. The van der Waals surface area contributed by atoms with E-state index in [4.69, 9.17) is 21.4 Å². The highest BCUT2D eigenvalue weighted by molar-refractivity contribution is 6.32. The number of aliphatic carboxylic acids is 1. The van der Waals surface area contributed by atoms with Crippen LogP contribution in [0.5, 0.6) is 5.75 Å². The van der Waals surface area contributed by atoms with Crippen LogP contribution < -0.4 is 4.74 Å². The molecule has 1 aromatic heterocycles. The third kappa shape index (κ3) is 3.75. The summed E-state index contributed by atoms with van der Waals surface area (Å²) in [6.45, 7) is 2.05. The molecule has 0 fully saturated rings. The molecule has 1 heterocycles. The van der Waals surface area contributed by atoms with E-state index in [0.29, 0.717) is 17.2 Å². The predicted octanol–water partition coefficient (Wildman–Crippen LogP) is 5.13. The van der Waals surface area contributed by atoms with Crippen LogP contribution in [0.2, 0.25) is 5.02 Å². The van der Waals surface area contributed by atoms with Crippen molar-refractivity contribution >= 4 is 17.6 Å². The zero-order valence-electron chi connectivity index (χ0n) is 14.7. The zero-order valence-corrected chi connectivity index (χ0v) is 15.5. The Labute approximate surface area is 157 Å². The van der Waals surface area contributed by atoms with E-state index in [9.17, 15) is 4.79 Å². The van der Waals surface area contributed by atoms with E-state index in [1.54, 1.807) is 7.11 Å². The molecule has 0 unspecified atom stereocenters. The third-order valence-electron chi connectivity index (χ3n) is 4.30. The van der Waals surface area contributed by atoms with Gasteiger partial charge in [0.2, 0.25) is 0 Å². The number of methoxy groups -OCH3 is 1. The van der Waals surface area contributed by atoms with Gasteiger partial charge in [-0.05, 0) is 49.2 Å². The molecule has 0 amide bonds. The number of carboxylic acids is 1. The van der Waals surface area contributed by atoms with Crippen molar-refractivity contribution in [1.82, 2.24) is 4.57 Å². The first-order chi connectivity index (χ1) is 12.5. The maximum atomic E-state index is 11.0. The molecule has 0 aliphatic carbocycles. The number of aromatic nitrogens is 1. The highest BCUT2D eigenvalue weighted by Crippen LogP contribution is 2.32. The molecule has 0 aliphatic heterocycles. The molecule has 134 valence electrons. The summed E-state index contributed by atoms with van der Waals surface area (Å²) in [5, 5.41) is 9.57. The van der Waals surface area contributed by atoms with Crippen molar-refractivity contribution in [3.8, 4) is 22.7 Å². The van der Waals surface area contributed by atoms with Crippen molar-refractivity contribution in [2.45, 2.75) is 19.8 Å². The van der Waals surface area contributed by atoms with Crippen LogP contribution in [-0.2, 0) is 11.2 Å². The van der Waals surface area contributed by atoms with Crippen molar-refractivity contribution < 1.29 is 14.6 Å². The maximum absolute atomic E-state index is 11.0. The molecular weight excluding hydrogens is 350 g/mol. The lowest BCUT2D eigenvalue weighted by atomic mass is 10.1. The highest BCUT2D eigenvalue weighted by Gasteiger charge is 2.14. The van der Waals surface area contributed by atoms with Crippen LogP contribution in [0.15, 0.2) is 54.6 Å². The minimum Gasteiger partial charge on any atom is -0.495 e. The number of nitrogens with zero attached hydrogens (tertiary/aromatic N) is 1. The number of benzene rings is 2. The van der Waals surface area contributed by atoms with Crippen LogP contribution >= 0.6 is 11.6 Å². The summed E-state index contributed by atoms with van der Waals surface area (Å²) in [4.78, 5) is 11.0. The Bertz CT molecular complexity index is 929. The summed E-state index contributed by atoms with van der Waals surface area (Å²) >= 11 is 6.31. The van der Waals surface area contributed by atoms with Gasteiger partial charge in [0.25, 0.3) is 0 Å². The van der Waals surface area contributed by atoms with E-state index in [1.165, 1.54) is 5.56 Å². The number of aryl methyl sites for hydroxylation is 2. The lowest BCUT2D eigenvalue weighted by molar-refractivity contribution is -0.136. The molecule has 3 rings (SSSR count). The molecule has 4 nitrogen and oxygen atoms in total. The molecule has 0 atom stereocenters. The maximum Gasteiger partial charge on any atom is 0.303 e. The van der Waals surface area contributed by atoms with Gasteiger partial charge in [-0.2, -0.15) is 0 Å². The molecule has 26 heavy (non-hydrogen) atoms. The summed E-state index contributed by atoms with van der Waals surface area (Å²) < 4.78 is 7.29. The van der Waals surface area contributed by atoms with Crippen LogP contribution in [0.3, 0.4) is 0 Å². The molecule has 2 aromatic carbocycles. The lowest BCUT2D eigenvalue weighted by Crippen LogP contribution is -2.05. The predicted molar refractivity (Wildman–Crippen MR) is 103 cm³/mol. The minimum atomic E-state index is -0.817. The number of rotatable bonds is 6. The second-order valence-electron chi connectivity index (χ2n) is 6.12. The summed E-state index contributed by atoms with van der Waals surface area (Å²) in [5.41, 5.74) is 5.03. The topological polar surface area (TPSA) is 51.5 Å². The van der Waals surface area contributed by atoms with E-state index < -0.39 is 5.97 Å². The second-order valence-corrected chi connectivity index (χ2v) is 6.53. The van der Waals surface area contributed by atoms with Crippen molar-refractivity contribution in [3.05, 3.63) is 70.9 Å². The number of hydrogen-bond donors (Lipinski definition) is 1. The number of carboxylic acid groups (broad SMARTS) is 1. The van der Waals surface area contributed by atoms with Crippen molar-refractivity contribution in [2.24, 2.45) is 0 Å². The molecule has 0 radical (unpaired) electrons. The van der Waals surface area contributed by atoms with E-state index in [-0.39, 0.29) is 6.42 Å². The Balaban J connectivity index is 2.12. The highest BCUT2D eigenvalue weighted by atomic mass is 35.5. The van der Waals surface area contributed by atoms with Crippen LogP contribution in [0.4, 0.5) is 0 Å².